The second-order valence-electron chi connectivity index (χ2n) is 8.53. The third kappa shape index (κ3) is 4.41. The molecule has 3 N–H and O–H groups in total. The average Bonchev–Trinajstić information content (AvgIpc) is 3.08. The minimum Gasteiger partial charge on any atom is -0.356 e. The Morgan fingerprint density at radius 1 is 0.967 bits per heavy atom. The molecule has 1 aliphatic heterocycles. The van der Waals surface area contributed by atoms with Gasteiger partial charge in [0.15, 0.2) is 0 Å². The quantitative estimate of drug-likeness (QED) is 0.619. The van der Waals surface area contributed by atoms with Gasteiger partial charge in [-0.2, -0.15) is 0 Å². The van der Waals surface area contributed by atoms with Crippen molar-refractivity contribution in [3.63, 3.8) is 0 Å². The number of nitrogens with one attached hydrogen (secondary N) is 1. The highest BCUT2D eigenvalue weighted by atomic mass is 35.5. The molecule has 0 unspecified atom stereocenters. The molecule has 30 heavy (non-hydrogen) atoms. The van der Waals surface area contributed by atoms with Crippen LogP contribution in [0, 0.1) is 13.8 Å². The molecule has 0 spiro atoms. The van der Waals surface area contributed by atoms with Crippen LogP contribution >= 0.6 is 24.8 Å². The molecule has 0 radical (unpaired) electrons. The molecule has 5 rings (SSSR count). The lowest BCUT2D eigenvalue weighted by Crippen LogP contribution is -2.36. The number of nitrogens with zero attached hydrogens (tertiary/aromatic N) is 4. The summed E-state index contributed by atoms with van der Waals surface area (Å²) < 4.78 is 0. The van der Waals surface area contributed by atoms with Crippen molar-refractivity contribution in [3.05, 3.63) is 47.2 Å². The molecule has 2 fully saturated rings. The lowest BCUT2D eigenvalue weighted by molar-refractivity contribution is 0.344. The van der Waals surface area contributed by atoms with Crippen LogP contribution in [0.5, 0.6) is 0 Å². The molecule has 8 heteroatoms. The van der Waals surface area contributed by atoms with E-state index in [-0.39, 0.29) is 24.8 Å². The summed E-state index contributed by atoms with van der Waals surface area (Å²) in [6, 6.07) is 8.94. The largest absolute Gasteiger partial charge is 0.356 e. The molecule has 0 atom stereocenters. The Morgan fingerprint density at radius 3 is 2.40 bits per heavy atom. The first-order chi connectivity index (χ1) is 13.5. The molecule has 1 aliphatic carbocycles. The number of fused-ring (bicyclic) bond motifs is 1. The van der Waals surface area contributed by atoms with Gasteiger partial charge in [-0.1, -0.05) is 6.07 Å². The lowest BCUT2D eigenvalue weighted by atomic mass is 9.78. The summed E-state index contributed by atoms with van der Waals surface area (Å²) in [4.78, 5) is 20.2. The highest BCUT2D eigenvalue weighted by molar-refractivity contribution is 5.85. The Kier molecular flexibility index (Phi) is 6.90. The number of piperidine rings is 1. The number of aryl methyl sites for hydroxylation is 2. The highest BCUT2D eigenvalue weighted by Crippen LogP contribution is 2.36. The van der Waals surface area contributed by atoms with Crippen LogP contribution in [-0.4, -0.2) is 39.1 Å². The monoisotopic (exact) mass is 448 g/mol. The maximum absolute atomic E-state index is 5.97. The molecule has 162 valence electrons. The first-order valence-corrected chi connectivity index (χ1v) is 10.4. The number of aromatic amines is 1. The number of nitrogens with two attached hydrogens (primary N) is 1. The summed E-state index contributed by atoms with van der Waals surface area (Å²) in [6.45, 7) is 6.12. The summed E-state index contributed by atoms with van der Waals surface area (Å²) in [5, 5.41) is 0. The maximum atomic E-state index is 5.97. The molecule has 2 aromatic heterocycles. The fourth-order valence-corrected chi connectivity index (χ4v) is 4.57. The lowest BCUT2D eigenvalue weighted by Gasteiger charge is -2.34. The van der Waals surface area contributed by atoms with Gasteiger partial charge in [-0.15, -0.1) is 24.8 Å². The highest BCUT2D eigenvalue weighted by Gasteiger charge is 2.30. The van der Waals surface area contributed by atoms with E-state index in [0.29, 0.717) is 17.9 Å². The number of anilines is 1. The Morgan fingerprint density at radius 2 is 1.70 bits per heavy atom. The van der Waals surface area contributed by atoms with E-state index in [1.165, 1.54) is 11.3 Å². The third-order valence-electron chi connectivity index (χ3n) is 6.30. The number of H-pyrrole nitrogens is 1. The first-order valence-electron chi connectivity index (χ1n) is 10.4. The standard InChI is InChI=1S/C22H28N6.2ClH/c1-13-3-4-18-20(9-13)27-22(26-18)15-5-7-28(8-6-15)21-12-19(24-14(2)25-21)16-10-17(23)11-16;;/h3-4,9,12,15-17H,5-8,10-11,23H2,1-2H3,(H,26,27);2*1H. The van der Waals surface area contributed by atoms with Gasteiger partial charge in [0.25, 0.3) is 0 Å². The third-order valence-corrected chi connectivity index (χ3v) is 6.30. The van der Waals surface area contributed by atoms with E-state index in [2.05, 4.69) is 46.1 Å². The van der Waals surface area contributed by atoms with Crippen LogP contribution in [-0.2, 0) is 0 Å². The molecule has 0 amide bonds. The van der Waals surface area contributed by atoms with Gasteiger partial charge in [0, 0.05) is 42.7 Å². The molecule has 0 bridgehead atoms. The van der Waals surface area contributed by atoms with E-state index in [1.807, 2.05) is 6.92 Å². The Bertz CT molecular complexity index is 1010. The van der Waals surface area contributed by atoms with Gasteiger partial charge >= 0.3 is 0 Å². The van der Waals surface area contributed by atoms with Crippen molar-refractivity contribution < 1.29 is 0 Å². The van der Waals surface area contributed by atoms with Crippen LogP contribution in [0.3, 0.4) is 0 Å². The second-order valence-corrected chi connectivity index (χ2v) is 8.53. The molecular formula is C22H30Cl2N6. The van der Waals surface area contributed by atoms with Crippen LogP contribution < -0.4 is 10.6 Å². The van der Waals surface area contributed by atoms with E-state index in [0.717, 1.165) is 67.3 Å². The zero-order valence-electron chi connectivity index (χ0n) is 17.5. The van der Waals surface area contributed by atoms with E-state index in [9.17, 15) is 0 Å². The minimum absolute atomic E-state index is 0. The van der Waals surface area contributed by atoms with Crippen LogP contribution in [0.25, 0.3) is 11.0 Å². The van der Waals surface area contributed by atoms with Crippen molar-refractivity contribution in [2.45, 2.75) is 57.4 Å². The number of hydrogen-bond acceptors (Lipinski definition) is 5. The second kappa shape index (κ2) is 9.08. The SMILES string of the molecule is Cc1ccc2nc(C3CCN(c4cc(C5CC(N)C5)nc(C)n4)CC3)[nH]c2c1.Cl.Cl. The van der Waals surface area contributed by atoms with E-state index < -0.39 is 0 Å². The van der Waals surface area contributed by atoms with Gasteiger partial charge in [0.1, 0.15) is 17.5 Å². The normalized spacial score (nSPS) is 21.6. The molecule has 3 heterocycles. The minimum atomic E-state index is 0. The fraction of sp³-hybridized carbons (Fsp3) is 0.500. The van der Waals surface area contributed by atoms with Gasteiger partial charge < -0.3 is 15.6 Å². The van der Waals surface area contributed by atoms with Crippen molar-refractivity contribution in [3.8, 4) is 0 Å². The molecule has 1 saturated heterocycles. The zero-order chi connectivity index (χ0) is 19.3. The van der Waals surface area contributed by atoms with Crippen LogP contribution in [0.2, 0.25) is 0 Å². The summed E-state index contributed by atoms with van der Waals surface area (Å²) >= 11 is 0. The molecule has 1 saturated carbocycles. The van der Waals surface area contributed by atoms with Gasteiger partial charge in [0.2, 0.25) is 0 Å². The zero-order valence-corrected chi connectivity index (χ0v) is 19.1. The van der Waals surface area contributed by atoms with Crippen LogP contribution in [0.4, 0.5) is 5.82 Å². The Hall–Kier alpha value is -1.89. The number of halogens is 2. The van der Waals surface area contributed by atoms with Crippen LogP contribution in [0.15, 0.2) is 24.3 Å². The van der Waals surface area contributed by atoms with Crippen molar-refractivity contribution >= 4 is 41.7 Å². The van der Waals surface area contributed by atoms with Gasteiger partial charge in [-0.25, -0.2) is 15.0 Å². The summed E-state index contributed by atoms with van der Waals surface area (Å²) in [7, 11) is 0. The predicted octanol–water partition coefficient (Wildman–Crippen LogP) is 4.40. The van der Waals surface area contributed by atoms with Gasteiger partial charge in [-0.05, 0) is 57.2 Å². The predicted molar refractivity (Wildman–Crippen MR) is 126 cm³/mol. The molecular weight excluding hydrogens is 419 g/mol. The Balaban J connectivity index is 0.00000128. The van der Waals surface area contributed by atoms with E-state index in [1.54, 1.807) is 0 Å². The van der Waals surface area contributed by atoms with Gasteiger partial charge in [-0.3, -0.25) is 0 Å². The maximum Gasteiger partial charge on any atom is 0.132 e. The van der Waals surface area contributed by atoms with E-state index in [4.69, 9.17) is 15.7 Å². The number of aromatic nitrogens is 4. The summed E-state index contributed by atoms with van der Waals surface area (Å²) in [6.07, 6.45) is 4.27. The van der Waals surface area contributed by atoms with Crippen molar-refractivity contribution in [1.82, 2.24) is 19.9 Å². The van der Waals surface area contributed by atoms with Gasteiger partial charge in [0.05, 0.1) is 11.0 Å². The van der Waals surface area contributed by atoms with Crippen LogP contribution in [0.1, 0.15) is 60.4 Å². The van der Waals surface area contributed by atoms with Crippen molar-refractivity contribution in [2.24, 2.45) is 5.73 Å². The number of imidazole rings is 1. The number of rotatable bonds is 3. The smallest absolute Gasteiger partial charge is 0.132 e. The topological polar surface area (TPSA) is 83.7 Å². The molecule has 1 aromatic carbocycles. The number of benzene rings is 1. The van der Waals surface area contributed by atoms with Crippen molar-refractivity contribution in [2.75, 3.05) is 18.0 Å². The summed E-state index contributed by atoms with van der Waals surface area (Å²) in [5.41, 5.74) is 10.6. The molecule has 6 nitrogen and oxygen atoms in total. The molecule has 2 aliphatic rings. The summed E-state index contributed by atoms with van der Waals surface area (Å²) in [5.74, 6) is 4.05. The van der Waals surface area contributed by atoms with E-state index >= 15 is 0 Å². The molecule has 3 aromatic rings. The Labute approximate surface area is 189 Å². The average molecular weight is 449 g/mol. The first kappa shape index (κ1) is 22.8. The van der Waals surface area contributed by atoms with Crippen molar-refractivity contribution in [1.29, 1.82) is 0 Å². The number of hydrogen-bond donors (Lipinski definition) is 2. The fourth-order valence-electron chi connectivity index (χ4n) is 4.57.